The molecule has 0 aliphatic carbocycles. The highest BCUT2D eigenvalue weighted by molar-refractivity contribution is 7.98. The fraction of sp³-hybridized carbons (Fsp3) is 0.750. The van der Waals surface area contributed by atoms with Crippen LogP contribution in [0.2, 0.25) is 0 Å². The lowest BCUT2D eigenvalue weighted by Gasteiger charge is -2.04. The minimum atomic E-state index is -0.499. The molecule has 1 unspecified atom stereocenters. The number of hydrogen-bond acceptors (Lipinski definition) is 6. The second-order valence-corrected chi connectivity index (χ2v) is 5.46. The Morgan fingerprint density at radius 1 is 1.44 bits per heavy atom. The maximum absolute atomic E-state index is 11.5. The van der Waals surface area contributed by atoms with Crippen molar-refractivity contribution < 1.29 is 14.1 Å². The molecular weight excluding hydrogens is 252 g/mol. The van der Waals surface area contributed by atoms with Crippen LogP contribution in [0.1, 0.15) is 45.3 Å². The van der Waals surface area contributed by atoms with Gasteiger partial charge in [-0.2, -0.15) is 16.7 Å². The molecule has 1 aromatic heterocycles. The number of thioether (sulfide) groups is 1. The Balaban J connectivity index is 2.49. The van der Waals surface area contributed by atoms with Crippen molar-refractivity contribution in [1.29, 1.82) is 0 Å². The smallest absolute Gasteiger partial charge is 0.318 e. The Labute approximate surface area is 112 Å². The SMILES string of the molecule is CCOC(=O)C(C)c1nc(CSCC(C)C)no1. The van der Waals surface area contributed by atoms with Gasteiger partial charge in [0.1, 0.15) is 5.92 Å². The van der Waals surface area contributed by atoms with E-state index in [-0.39, 0.29) is 5.97 Å². The molecule has 0 fully saturated rings. The van der Waals surface area contributed by atoms with Gasteiger partial charge in [-0.05, 0) is 25.5 Å². The quantitative estimate of drug-likeness (QED) is 0.711. The molecule has 1 rings (SSSR count). The number of aromatic nitrogens is 2. The maximum Gasteiger partial charge on any atom is 0.318 e. The van der Waals surface area contributed by atoms with Crippen LogP contribution in [0.4, 0.5) is 0 Å². The molecule has 0 saturated carbocycles. The third-order valence-electron chi connectivity index (χ3n) is 2.18. The van der Waals surface area contributed by atoms with Crippen LogP contribution in [-0.2, 0) is 15.3 Å². The van der Waals surface area contributed by atoms with Gasteiger partial charge in [0, 0.05) is 0 Å². The summed E-state index contributed by atoms with van der Waals surface area (Å²) in [6, 6.07) is 0. The zero-order valence-electron chi connectivity index (χ0n) is 11.3. The van der Waals surface area contributed by atoms with E-state index in [2.05, 4.69) is 24.0 Å². The number of hydrogen-bond donors (Lipinski definition) is 0. The van der Waals surface area contributed by atoms with E-state index in [0.29, 0.717) is 30.0 Å². The number of nitrogens with zero attached hydrogens (tertiary/aromatic N) is 2. The predicted octanol–water partition coefficient (Wildman–Crippen LogP) is 2.63. The summed E-state index contributed by atoms with van der Waals surface area (Å²) >= 11 is 1.76. The molecule has 0 aromatic carbocycles. The lowest BCUT2D eigenvalue weighted by molar-refractivity contribution is -0.145. The van der Waals surface area contributed by atoms with Gasteiger partial charge in [-0.1, -0.05) is 19.0 Å². The first kappa shape index (κ1) is 15.0. The number of rotatable bonds is 7. The lowest BCUT2D eigenvalue weighted by Crippen LogP contribution is -2.13. The molecule has 1 heterocycles. The van der Waals surface area contributed by atoms with Crippen LogP contribution in [0.5, 0.6) is 0 Å². The van der Waals surface area contributed by atoms with Crippen molar-refractivity contribution in [2.24, 2.45) is 5.92 Å². The zero-order chi connectivity index (χ0) is 13.5. The summed E-state index contributed by atoms with van der Waals surface area (Å²) in [5, 5.41) is 3.86. The Morgan fingerprint density at radius 2 is 2.17 bits per heavy atom. The van der Waals surface area contributed by atoms with Gasteiger partial charge in [0.15, 0.2) is 5.82 Å². The van der Waals surface area contributed by atoms with E-state index in [1.165, 1.54) is 0 Å². The molecule has 6 heteroatoms. The van der Waals surface area contributed by atoms with E-state index in [0.717, 1.165) is 5.75 Å². The second-order valence-electron chi connectivity index (χ2n) is 4.43. The van der Waals surface area contributed by atoms with Crippen molar-refractivity contribution in [2.75, 3.05) is 12.4 Å². The summed E-state index contributed by atoms with van der Waals surface area (Å²) in [6.07, 6.45) is 0. The molecule has 1 aromatic rings. The first-order valence-corrected chi connectivity index (χ1v) is 7.26. The average molecular weight is 272 g/mol. The zero-order valence-corrected chi connectivity index (χ0v) is 12.1. The van der Waals surface area contributed by atoms with Crippen molar-refractivity contribution in [3.05, 3.63) is 11.7 Å². The largest absolute Gasteiger partial charge is 0.465 e. The van der Waals surface area contributed by atoms with Crippen LogP contribution in [-0.4, -0.2) is 28.5 Å². The monoisotopic (exact) mass is 272 g/mol. The van der Waals surface area contributed by atoms with Crippen molar-refractivity contribution >= 4 is 17.7 Å². The Hall–Kier alpha value is -1.04. The minimum absolute atomic E-state index is 0.327. The Kier molecular flexibility index (Phi) is 6.18. The number of carbonyl (C=O) groups excluding carboxylic acids is 1. The summed E-state index contributed by atoms with van der Waals surface area (Å²) in [5.74, 6) is 2.53. The van der Waals surface area contributed by atoms with Crippen LogP contribution < -0.4 is 0 Å². The minimum Gasteiger partial charge on any atom is -0.465 e. The number of ether oxygens (including phenoxy) is 1. The molecule has 0 amide bonds. The summed E-state index contributed by atoms with van der Waals surface area (Å²) in [5.41, 5.74) is 0. The summed E-state index contributed by atoms with van der Waals surface area (Å²) in [6.45, 7) is 8.16. The predicted molar refractivity (Wildman–Crippen MR) is 70.3 cm³/mol. The molecule has 0 spiro atoms. The van der Waals surface area contributed by atoms with Gasteiger partial charge in [0.2, 0.25) is 5.89 Å². The van der Waals surface area contributed by atoms with Gasteiger partial charge in [0.25, 0.3) is 0 Å². The van der Waals surface area contributed by atoms with Crippen LogP contribution >= 0.6 is 11.8 Å². The van der Waals surface area contributed by atoms with E-state index in [1.807, 2.05) is 0 Å². The fourth-order valence-electron chi connectivity index (χ4n) is 1.26. The normalized spacial score (nSPS) is 12.7. The van der Waals surface area contributed by atoms with Gasteiger partial charge in [-0.25, -0.2) is 0 Å². The summed E-state index contributed by atoms with van der Waals surface area (Å²) in [7, 11) is 0. The van der Waals surface area contributed by atoms with Crippen LogP contribution in [0.3, 0.4) is 0 Å². The van der Waals surface area contributed by atoms with E-state index in [4.69, 9.17) is 9.26 Å². The average Bonchev–Trinajstić information content (AvgIpc) is 2.76. The molecular formula is C12H20N2O3S. The van der Waals surface area contributed by atoms with Crippen molar-refractivity contribution in [2.45, 2.75) is 39.4 Å². The Morgan fingerprint density at radius 3 is 2.78 bits per heavy atom. The molecule has 1 atom stereocenters. The van der Waals surface area contributed by atoms with Crippen molar-refractivity contribution in [3.63, 3.8) is 0 Å². The van der Waals surface area contributed by atoms with Crippen molar-refractivity contribution in [1.82, 2.24) is 10.1 Å². The highest BCUT2D eigenvalue weighted by Gasteiger charge is 2.22. The van der Waals surface area contributed by atoms with E-state index < -0.39 is 5.92 Å². The highest BCUT2D eigenvalue weighted by atomic mass is 32.2. The van der Waals surface area contributed by atoms with Crippen molar-refractivity contribution in [3.8, 4) is 0 Å². The molecule has 18 heavy (non-hydrogen) atoms. The molecule has 0 saturated heterocycles. The lowest BCUT2D eigenvalue weighted by atomic mass is 10.2. The maximum atomic E-state index is 11.5. The number of esters is 1. The first-order valence-electron chi connectivity index (χ1n) is 6.11. The van der Waals surface area contributed by atoms with Crippen LogP contribution in [0, 0.1) is 5.92 Å². The molecule has 0 aliphatic heterocycles. The summed E-state index contributed by atoms with van der Waals surface area (Å²) < 4.78 is 9.98. The Bertz CT molecular complexity index is 379. The third kappa shape index (κ3) is 4.68. The van der Waals surface area contributed by atoms with Gasteiger partial charge in [-0.3, -0.25) is 4.79 Å². The molecule has 0 bridgehead atoms. The second kappa shape index (κ2) is 7.41. The highest BCUT2D eigenvalue weighted by Crippen LogP contribution is 2.18. The summed E-state index contributed by atoms with van der Waals surface area (Å²) in [4.78, 5) is 15.7. The molecule has 0 aliphatic rings. The van der Waals surface area contributed by atoms with E-state index in [1.54, 1.807) is 25.6 Å². The van der Waals surface area contributed by atoms with E-state index >= 15 is 0 Å². The van der Waals surface area contributed by atoms with Gasteiger partial charge in [0.05, 0.1) is 12.4 Å². The van der Waals surface area contributed by atoms with Crippen LogP contribution in [0.25, 0.3) is 0 Å². The first-order chi connectivity index (χ1) is 8.54. The standard InChI is InChI=1S/C12H20N2O3S/c1-5-16-12(15)9(4)11-13-10(14-17-11)7-18-6-8(2)3/h8-9H,5-7H2,1-4H3. The van der Waals surface area contributed by atoms with Gasteiger partial charge < -0.3 is 9.26 Å². The molecule has 0 N–H and O–H groups in total. The topological polar surface area (TPSA) is 65.2 Å². The fourth-order valence-corrected chi connectivity index (χ4v) is 2.15. The molecule has 102 valence electrons. The van der Waals surface area contributed by atoms with Crippen LogP contribution in [0.15, 0.2) is 4.52 Å². The molecule has 5 nitrogen and oxygen atoms in total. The van der Waals surface area contributed by atoms with E-state index in [9.17, 15) is 4.79 Å². The molecule has 0 radical (unpaired) electrons. The number of carbonyl (C=O) groups is 1. The third-order valence-corrected chi connectivity index (χ3v) is 3.54. The van der Waals surface area contributed by atoms with Gasteiger partial charge >= 0.3 is 5.97 Å². The van der Waals surface area contributed by atoms with Gasteiger partial charge in [-0.15, -0.1) is 0 Å².